The van der Waals surface area contributed by atoms with Crippen molar-refractivity contribution in [3.05, 3.63) is 0 Å². The van der Waals surface area contributed by atoms with Crippen molar-refractivity contribution in [3.8, 4) is 0 Å². The maximum Gasteiger partial charge on any atom is 0.217 e. The van der Waals surface area contributed by atoms with Gasteiger partial charge in [-0.15, -0.1) is 0 Å². The van der Waals surface area contributed by atoms with Crippen molar-refractivity contribution in [2.45, 2.75) is 72.6 Å². The summed E-state index contributed by atoms with van der Waals surface area (Å²) in [5, 5.41) is 0. The van der Waals surface area contributed by atoms with Gasteiger partial charge >= 0.3 is 0 Å². The second-order valence-corrected chi connectivity index (χ2v) is 6.29. The molecule has 0 heterocycles. The Kier molecular flexibility index (Phi) is 8.35. The molecular weight excluding hydrogens is 254 g/mol. The van der Waals surface area contributed by atoms with E-state index in [0.29, 0.717) is 38.5 Å². The third-order valence-corrected chi connectivity index (χ3v) is 4.00. The molecule has 0 fully saturated rings. The Morgan fingerprint density at radius 2 is 1.50 bits per heavy atom. The normalized spacial score (nSPS) is 14.1. The molecule has 2 N–H and O–H groups in total. The van der Waals surface area contributed by atoms with Gasteiger partial charge in [-0.2, -0.15) is 0 Å². The summed E-state index contributed by atoms with van der Waals surface area (Å²) in [4.78, 5) is 34.2. The van der Waals surface area contributed by atoms with Crippen LogP contribution in [0.4, 0.5) is 0 Å². The average Bonchev–Trinajstić information content (AvgIpc) is 2.40. The summed E-state index contributed by atoms with van der Waals surface area (Å²) in [5.74, 6) is 0.170. The van der Waals surface area contributed by atoms with Crippen LogP contribution in [0.1, 0.15) is 72.6 Å². The molecule has 0 saturated heterocycles. The summed E-state index contributed by atoms with van der Waals surface area (Å²) in [5.41, 5.74) is 5.05. The number of amides is 1. The summed E-state index contributed by atoms with van der Waals surface area (Å²) >= 11 is 0. The summed E-state index contributed by atoms with van der Waals surface area (Å²) < 4.78 is 0. The van der Waals surface area contributed by atoms with Crippen molar-refractivity contribution in [2.24, 2.45) is 17.1 Å². The minimum absolute atomic E-state index is 0.0349. The quantitative estimate of drug-likeness (QED) is 0.633. The van der Waals surface area contributed by atoms with Gasteiger partial charge in [0.1, 0.15) is 11.6 Å². The Morgan fingerprint density at radius 3 is 1.95 bits per heavy atom. The predicted octanol–water partition coefficient (Wildman–Crippen LogP) is 3.02. The first-order valence-corrected chi connectivity index (χ1v) is 7.53. The van der Waals surface area contributed by atoms with E-state index in [-0.39, 0.29) is 28.8 Å². The molecule has 0 aliphatic rings. The number of carbonyl (C=O) groups is 3. The third-order valence-electron chi connectivity index (χ3n) is 4.00. The van der Waals surface area contributed by atoms with Gasteiger partial charge in [0.25, 0.3) is 0 Å². The van der Waals surface area contributed by atoms with Crippen molar-refractivity contribution < 1.29 is 14.4 Å². The van der Waals surface area contributed by atoms with Crippen LogP contribution in [0.2, 0.25) is 0 Å². The highest BCUT2D eigenvalue weighted by Crippen LogP contribution is 2.35. The topological polar surface area (TPSA) is 77.2 Å². The number of hydrogen-bond donors (Lipinski definition) is 1. The lowest BCUT2D eigenvalue weighted by molar-refractivity contribution is -0.122. The highest BCUT2D eigenvalue weighted by Gasteiger charge is 2.26. The zero-order valence-corrected chi connectivity index (χ0v) is 13.3. The first-order chi connectivity index (χ1) is 9.20. The maximum absolute atomic E-state index is 11.8. The maximum atomic E-state index is 11.8. The molecule has 0 spiro atoms. The van der Waals surface area contributed by atoms with Gasteiger partial charge in [0.2, 0.25) is 5.91 Å². The highest BCUT2D eigenvalue weighted by molar-refractivity contribution is 5.80. The predicted molar refractivity (Wildman–Crippen MR) is 80.1 cm³/mol. The zero-order chi connectivity index (χ0) is 15.8. The standard InChI is InChI=1S/C16H29NO3/c1-5-13(18)6-9-16(4,11-8-15(17)20)10-7-14(19)12(2)3/h12H,5-11H2,1-4H3,(H2,17,20). The van der Waals surface area contributed by atoms with Crippen LogP contribution in [0, 0.1) is 11.3 Å². The van der Waals surface area contributed by atoms with Crippen LogP contribution in [0.5, 0.6) is 0 Å². The lowest BCUT2D eigenvalue weighted by atomic mass is 9.75. The molecule has 0 aromatic rings. The van der Waals surface area contributed by atoms with E-state index in [0.717, 1.165) is 6.42 Å². The smallest absolute Gasteiger partial charge is 0.217 e. The number of ketones is 2. The minimum atomic E-state index is -0.326. The molecule has 0 rings (SSSR count). The number of hydrogen-bond acceptors (Lipinski definition) is 3. The van der Waals surface area contributed by atoms with Gasteiger partial charge in [-0.1, -0.05) is 27.7 Å². The van der Waals surface area contributed by atoms with Gasteiger partial charge < -0.3 is 5.73 Å². The van der Waals surface area contributed by atoms with Crippen LogP contribution < -0.4 is 5.73 Å². The number of primary amides is 1. The Morgan fingerprint density at radius 1 is 1.00 bits per heavy atom. The molecule has 4 heteroatoms. The number of carbonyl (C=O) groups excluding carboxylic acids is 3. The molecule has 0 aromatic heterocycles. The van der Waals surface area contributed by atoms with Gasteiger partial charge in [-0.3, -0.25) is 14.4 Å². The Bertz CT molecular complexity index is 350. The number of rotatable bonds is 11. The van der Waals surface area contributed by atoms with E-state index in [1.165, 1.54) is 0 Å². The summed E-state index contributed by atoms with van der Waals surface area (Å²) in [6.07, 6.45) is 3.95. The van der Waals surface area contributed by atoms with Crippen LogP contribution in [0.3, 0.4) is 0 Å². The first kappa shape index (κ1) is 18.8. The minimum Gasteiger partial charge on any atom is -0.370 e. The molecular formula is C16H29NO3. The van der Waals surface area contributed by atoms with E-state index in [4.69, 9.17) is 5.73 Å². The summed E-state index contributed by atoms with van der Waals surface area (Å²) in [7, 11) is 0. The fourth-order valence-electron chi connectivity index (χ4n) is 2.13. The Hall–Kier alpha value is -1.19. The largest absolute Gasteiger partial charge is 0.370 e. The van der Waals surface area contributed by atoms with Crippen molar-refractivity contribution in [1.82, 2.24) is 0 Å². The van der Waals surface area contributed by atoms with Crippen molar-refractivity contribution >= 4 is 17.5 Å². The van der Waals surface area contributed by atoms with Crippen molar-refractivity contribution in [1.29, 1.82) is 0 Å². The van der Waals surface area contributed by atoms with Crippen LogP contribution in [0.25, 0.3) is 0 Å². The van der Waals surface area contributed by atoms with E-state index in [1.807, 2.05) is 27.7 Å². The van der Waals surface area contributed by atoms with Crippen LogP contribution >= 0.6 is 0 Å². The number of nitrogens with two attached hydrogens (primary N) is 1. The molecule has 1 amide bonds. The van der Waals surface area contributed by atoms with Crippen LogP contribution in [-0.4, -0.2) is 17.5 Å². The molecule has 0 aliphatic heterocycles. The zero-order valence-electron chi connectivity index (χ0n) is 13.3. The monoisotopic (exact) mass is 283 g/mol. The van der Waals surface area contributed by atoms with Crippen LogP contribution in [0.15, 0.2) is 0 Å². The Balaban J connectivity index is 4.55. The lowest BCUT2D eigenvalue weighted by Crippen LogP contribution is -2.23. The highest BCUT2D eigenvalue weighted by atomic mass is 16.1. The molecule has 0 aliphatic carbocycles. The van der Waals surface area contributed by atoms with Gasteiger partial charge in [0, 0.05) is 31.6 Å². The Labute approximate surface area is 122 Å². The molecule has 4 nitrogen and oxygen atoms in total. The first-order valence-electron chi connectivity index (χ1n) is 7.53. The van der Waals surface area contributed by atoms with Crippen molar-refractivity contribution in [2.75, 3.05) is 0 Å². The van der Waals surface area contributed by atoms with E-state index in [1.54, 1.807) is 0 Å². The fraction of sp³-hybridized carbons (Fsp3) is 0.812. The van der Waals surface area contributed by atoms with Crippen molar-refractivity contribution in [3.63, 3.8) is 0 Å². The average molecular weight is 283 g/mol. The van der Waals surface area contributed by atoms with Gasteiger partial charge in [-0.25, -0.2) is 0 Å². The SMILES string of the molecule is CCC(=O)CCC(C)(CCC(N)=O)CCC(=O)C(C)C. The molecule has 1 unspecified atom stereocenters. The van der Waals surface area contributed by atoms with Gasteiger partial charge in [-0.05, 0) is 24.7 Å². The van der Waals surface area contributed by atoms with Crippen LogP contribution in [-0.2, 0) is 14.4 Å². The summed E-state index contributed by atoms with van der Waals surface area (Å²) in [6, 6.07) is 0. The van der Waals surface area contributed by atoms with E-state index in [9.17, 15) is 14.4 Å². The van der Waals surface area contributed by atoms with Gasteiger partial charge in [0.05, 0.1) is 0 Å². The molecule has 20 heavy (non-hydrogen) atoms. The second-order valence-electron chi connectivity index (χ2n) is 6.29. The molecule has 1 atom stereocenters. The molecule has 0 aromatic carbocycles. The molecule has 0 bridgehead atoms. The third kappa shape index (κ3) is 8.08. The number of Topliss-reactive ketones (excluding diaryl/α,β-unsaturated/α-hetero) is 2. The lowest BCUT2D eigenvalue weighted by Gasteiger charge is -2.29. The summed E-state index contributed by atoms with van der Waals surface area (Å²) in [6.45, 7) is 7.69. The second kappa shape index (κ2) is 8.88. The molecule has 0 saturated carbocycles. The molecule has 0 radical (unpaired) electrons. The van der Waals surface area contributed by atoms with E-state index >= 15 is 0 Å². The van der Waals surface area contributed by atoms with Gasteiger partial charge in [0.15, 0.2) is 0 Å². The van der Waals surface area contributed by atoms with E-state index in [2.05, 4.69) is 0 Å². The van der Waals surface area contributed by atoms with E-state index < -0.39 is 0 Å². The fourth-order valence-corrected chi connectivity index (χ4v) is 2.13. The molecule has 116 valence electrons.